The molecular formula is C21H15F2N9O4S. The molecule has 5 aromatic rings. The summed E-state index contributed by atoms with van der Waals surface area (Å²) in [6, 6.07) is 8.51. The van der Waals surface area contributed by atoms with Crippen LogP contribution < -0.4 is 0 Å². The summed E-state index contributed by atoms with van der Waals surface area (Å²) in [6.07, 6.45) is 4.10. The highest BCUT2D eigenvalue weighted by atomic mass is 32.2. The Morgan fingerprint density at radius 1 is 1.08 bits per heavy atom. The summed E-state index contributed by atoms with van der Waals surface area (Å²) >= 11 is 0.988. The van der Waals surface area contributed by atoms with Gasteiger partial charge in [-0.15, -0.1) is 15.3 Å². The SMILES string of the molecule is O=[N+]([O-])c1ccc(-c2nnc(Sc3cn(CC(O)(Cn4cncn4)c4ccc(F)cc4F)nn3)o2)cc1. The number of nitro benzene ring substituents is 1. The minimum Gasteiger partial charge on any atom is -0.411 e. The van der Waals surface area contributed by atoms with E-state index in [2.05, 4.69) is 30.6 Å². The maximum atomic E-state index is 14.6. The lowest BCUT2D eigenvalue weighted by molar-refractivity contribution is -0.384. The third kappa shape index (κ3) is 5.34. The summed E-state index contributed by atoms with van der Waals surface area (Å²) in [4.78, 5) is 14.1. The van der Waals surface area contributed by atoms with Crippen molar-refractivity contribution in [2.24, 2.45) is 0 Å². The highest BCUT2D eigenvalue weighted by Gasteiger charge is 2.35. The lowest BCUT2D eigenvalue weighted by Gasteiger charge is -2.28. The molecule has 0 saturated heterocycles. The summed E-state index contributed by atoms with van der Waals surface area (Å²) in [5, 5.41) is 42.5. The Morgan fingerprint density at radius 2 is 1.86 bits per heavy atom. The Balaban J connectivity index is 1.34. The zero-order valence-electron chi connectivity index (χ0n) is 18.5. The number of aromatic nitrogens is 8. The van der Waals surface area contributed by atoms with Crippen LogP contribution in [-0.2, 0) is 18.7 Å². The van der Waals surface area contributed by atoms with Crippen molar-refractivity contribution in [2.75, 3.05) is 0 Å². The van der Waals surface area contributed by atoms with E-state index < -0.39 is 22.2 Å². The Morgan fingerprint density at radius 3 is 2.57 bits per heavy atom. The number of nitrogens with zero attached hydrogens (tertiary/aromatic N) is 9. The molecule has 1 unspecified atom stereocenters. The Labute approximate surface area is 209 Å². The van der Waals surface area contributed by atoms with E-state index in [1.54, 1.807) is 0 Å². The van der Waals surface area contributed by atoms with Gasteiger partial charge in [0.05, 0.1) is 24.2 Å². The van der Waals surface area contributed by atoms with Crippen LogP contribution in [0, 0.1) is 21.7 Å². The molecule has 0 saturated carbocycles. The van der Waals surface area contributed by atoms with Crippen molar-refractivity contribution >= 4 is 17.4 Å². The normalized spacial score (nSPS) is 12.9. The number of nitro groups is 1. The highest BCUT2D eigenvalue weighted by molar-refractivity contribution is 7.99. The van der Waals surface area contributed by atoms with Gasteiger partial charge in [-0.05, 0) is 30.0 Å². The van der Waals surface area contributed by atoms with Crippen molar-refractivity contribution < 1.29 is 23.2 Å². The van der Waals surface area contributed by atoms with Crippen LogP contribution in [0.3, 0.4) is 0 Å². The maximum Gasteiger partial charge on any atom is 0.283 e. The first-order valence-electron chi connectivity index (χ1n) is 10.5. The summed E-state index contributed by atoms with van der Waals surface area (Å²) < 4.78 is 36.3. The molecule has 0 bridgehead atoms. The van der Waals surface area contributed by atoms with Gasteiger partial charge in [-0.2, -0.15) is 5.10 Å². The second-order valence-corrected chi connectivity index (χ2v) is 8.75. The molecule has 3 heterocycles. The largest absolute Gasteiger partial charge is 0.411 e. The number of non-ortho nitro benzene ring substituents is 1. The van der Waals surface area contributed by atoms with Gasteiger partial charge >= 0.3 is 0 Å². The predicted octanol–water partition coefficient (Wildman–Crippen LogP) is 2.85. The first-order valence-corrected chi connectivity index (χ1v) is 11.3. The topological polar surface area (TPSA) is 164 Å². The number of rotatable bonds is 9. The number of halogens is 2. The van der Waals surface area contributed by atoms with Gasteiger partial charge in [0.1, 0.15) is 34.9 Å². The molecule has 0 aliphatic carbocycles. The molecule has 0 radical (unpaired) electrons. The van der Waals surface area contributed by atoms with E-state index in [0.29, 0.717) is 16.7 Å². The minimum atomic E-state index is -1.88. The fourth-order valence-corrected chi connectivity index (χ4v) is 4.16. The van der Waals surface area contributed by atoms with E-state index in [9.17, 15) is 24.0 Å². The van der Waals surface area contributed by atoms with Crippen LogP contribution in [0.2, 0.25) is 0 Å². The molecule has 5 rings (SSSR count). The molecule has 16 heteroatoms. The predicted molar refractivity (Wildman–Crippen MR) is 121 cm³/mol. The molecular weight excluding hydrogens is 512 g/mol. The molecule has 0 fully saturated rings. The van der Waals surface area contributed by atoms with E-state index in [1.165, 1.54) is 52.5 Å². The molecule has 3 aromatic heterocycles. The van der Waals surface area contributed by atoms with Gasteiger partial charge in [0.15, 0.2) is 0 Å². The second kappa shape index (κ2) is 9.82. The maximum absolute atomic E-state index is 14.6. The van der Waals surface area contributed by atoms with Crippen molar-refractivity contribution in [1.82, 2.24) is 40.0 Å². The molecule has 0 amide bonds. The molecule has 188 valence electrons. The van der Waals surface area contributed by atoms with Crippen LogP contribution in [0.1, 0.15) is 5.56 Å². The van der Waals surface area contributed by atoms with Crippen LogP contribution in [0.4, 0.5) is 14.5 Å². The lowest BCUT2D eigenvalue weighted by atomic mass is 9.93. The molecule has 1 N–H and O–H groups in total. The lowest BCUT2D eigenvalue weighted by Crippen LogP contribution is -2.37. The average molecular weight is 527 g/mol. The van der Waals surface area contributed by atoms with Crippen molar-refractivity contribution in [3.63, 3.8) is 0 Å². The summed E-state index contributed by atoms with van der Waals surface area (Å²) in [6.45, 7) is -0.443. The number of aliphatic hydroxyl groups is 1. The molecule has 0 aliphatic heterocycles. The third-order valence-corrected chi connectivity index (χ3v) is 5.92. The monoisotopic (exact) mass is 527 g/mol. The number of hydrogen-bond acceptors (Lipinski definition) is 11. The van der Waals surface area contributed by atoms with Crippen LogP contribution in [0.25, 0.3) is 11.5 Å². The quantitative estimate of drug-likeness (QED) is 0.221. The van der Waals surface area contributed by atoms with Crippen LogP contribution in [0.5, 0.6) is 0 Å². The molecule has 0 spiro atoms. The highest BCUT2D eigenvalue weighted by Crippen LogP contribution is 2.31. The Kier molecular flexibility index (Phi) is 6.41. The summed E-state index contributed by atoms with van der Waals surface area (Å²) in [5.41, 5.74) is -1.61. The first kappa shape index (κ1) is 24.1. The van der Waals surface area contributed by atoms with Gasteiger partial charge in [-0.25, -0.2) is 23.1 Å². The summed E-state index contributed by atoms with van der Waals surface area (Å²) in [5.74, 6) is -1.56. The van der Waals surface area contributed by atoms with Crippen LogP contribution >= 0.6 is 11.8 Å². The fourth-order valence-electron chi connectivity index (χ4n) is 3.53. The van der Waals surface area contributed by atoms with Gasteiger partial charge in [0.2, 0.25) is 5.89 Å². The van der Waals surface area contributed by atoms with Crippen molar-refractivity contribution in [1.29, 1.82) is 0 Å². The van der Waals surface area contributed by atoms with Gasteiger partial charge in [-0.1, -0.05) is 11.3 Å². The van der Waals surface area contributed by atoms with E-state index in [0.717, 1.165) is 23.9 Å². The average Bonchev–Trinajstić information content (AvgIpc) is 3.63. The zero-order valence-corrected chi connectivity index (χ0v) is 19.4. The molecule has 37 heavy (non-hydrogen) atoms. The number of hydrogen-bond donors (Lipinski definition) is 1. The van der Waals surface area contributed by atoms with Crippen molar-refractivity contribution in [2.45, 2.75) is 28.9 Å². The summed E-state index contributed by atoms with van der Waals surface area (Å²) in [7, 11) is 0. The Hall–Kier alpha value is -4.57. The van der Waals surface area contributed by atoms with Crippen molar-refractivity contribution in [3.05, 3.63) is 88.6 Å². The van der Waals surface area contributed by atoms with E-state index in [1.807, 2.05) is 0 Å². The zero-order chi connectivity index (χ0) is 26.0. The van der Waals surface area contributed by atoms with Crippen LogP contribution in [-0.4, -0.2) is 50.0 Å². The minimum absolute atomic E-state index is 0.0706. The van der Waals surface area contributed by atoms with Gasteiger partial charge in [0, 0.05) is 29.3 Å². The van der Waals surface area contributed by atoms with E-state index >= 15 is 0 Å². The Bertz CT molecular complexity index is 1540. The van der Waals surface area contributed by atoms with Gasteiger partial charge in [-0.3, -0.25) is 10.1 Å². The fraction of sp³-hybridized carbons (Fsp3) is 0.143. The third-order valence-electron chi connectivity index (χ3n) is 5.19. The smallest absolute Gasteiger partial charge is 0.283 e. The standard InChI is InChI=1S/C21H15F2N9O4S/c22-14-3-6-16(17(23)7-14)21(33,10-31-12-24-11-25-31)9-30-8-18(26-29-30)37-20-28-27-19(36-20)13-1-4-15(5-2-13)32(34)35/h1-8,11-12,33H,9-10H2. The first-order chi connectivity index (χ1) is 17.8. The van der Waals surface area contributed by atoms with Gasteiger partial charge < -0.3 is 9.52 Å². The molecule has 1 atom stereocenters. The molecule has 0 aliphatic rings. The molecule has 2 aromatic carbocycles. The number of benzene rings is 2. The van der Waals surface area contributed by atoms with Crippen molar-refractivity contribution in [3.8, 4) is 11.5 Å². The van der Waals surface area contributed by atoms with Crippen LogP contribution in [0.15, 0.2) is 76.0 Å². The molecule has 13 nitrogen and oxygen atoms in total. The van der Waals surface area contributed by atoms with E-state index in [4.69, 9.17) is 4.42 Å². The second-order valence-electron chi connectivity index (χ2n) is 7.78. The van der Waals surface area contributed by atoms with E-state index in [-0.39, 0.29) is 35.5 Å². The van der Waals surface area contributed by atoms with Gasteiger partial charge in [0.25, 0.3) is 10.9 Å².